The first-order valence-electron chi connectivity index (χ1n) is 16.1. The second kappa shape index (κ2) is 11.6. The summed E-state index contributed by atoms with van der Waals surface area (Å²) in [5.74, 6) is 2.09. The summed E-state index contributed by atoms with van der Waals surface area (Å²) in [6.45, 7) is 16.6. The standard InChI is InChI=1S/C36H48ClN3O2/c1-24(2)34-27-9-12-33-35(3,4)14-6-15-36(33,5)29(27)10-11-32(34)42-23-26(41)22-39-17-19-40(20-18-39)31-13-16-38-30-21-25(37)7-8-28(30)31/h7-8,10-11,13,16,21,24,26,33,41H,6,9,12,14-15,17-20,22-23H2,1-5H3/t26?,33-,36+/m0/s1. The van der Waals surface area contributed by atoms with E-state index in [0.717, 1.165) is 55.2 Å². The molecule has 1 N–H and O–H groups in total. The summed E-state index contributed by atoms with van der Waals surface area (Å²) in [6.07, 6.45) is 7.66. The molecular formula is C36H48ClN3O2. The highest BCUT2D eigenvalue weighted by Crippen LogP contribution is 2.58. The van der Waals surface area contributed by atoms with Gasteiger partial charge in [-0.05, 0) is 89.8 Å². The first kappa shape index (κ1) is 29.7. The molecule has 0 bridgehead atoms. The highest BCUT2D eigenvalue weighted by Gasteiger charge is 2.50. The molecule has 1 aromatic heterocycles. The van der Waals surface area contributed by atoms with Crippen molar-refractivity contribution in [3.05, 3.63) is 64.3 Å². The summed E-state index contributed by atoms with van der Waals surface area (Å²) in [5.41, 5.74) is 7.21. The molecule has 6 heteroatoms. The monoisotopic (exact) mass is 589 g/mol. The number of aliphatic hydroxyl groups is 1. The van der Waals surface area contributed by atoms with Gasteiger partial charge in [0.15, 0.2) is 0 Å². The molecule has 2 aromatic carbocycles. The number of piperazine rings is 1. The lowest BCUT2D eigenvalue weighted by molar-refractivity contribution is 0.0402. The minimum atomic E-state index is -0.530. The van der Waals surface area contributed by atoms with E-state index in [-0.39, 0.29) is 5.41 Å². The Labute approximate surface area is 257 Å². The van der Waals surface area contributed by atoms with Crippen LogP contribution in [0.2, 0.25) is 5.02 Å². The molecule has 3 aromatic rings. The fourth-order valence-electron chi connectivity index (χ4n) is 8.74. The van der Waals surface area contributed by atoms with Gasteiger partial charge >= 0.3 is 0 Å². The van der Waals surface area contributed by atoms with Gasteiger partial charge in [0.2, 0.25) is 0 Å². The number of ether oxygens (including phenoxy) is 1. The van der Waals surface area contributed by atoms with Gasteiger partial charge in [-0.15, -0.1) is 0 Å². The van der Waals surface area contributed by atoms with Crippen LogP contribution >= 0.6 is 11.6 Å². The summed E-state index contributed by atoms with van der Waals surface area (Å²) in [4.78, 5) is 9.26. The number of hydrogen-bond donors (Lipinski definition) is 1. The zero-order chi connectivity index (χ0) is 29.6. The van der Waals surface area contributed by atoms with Crippen molar-refractivity contribution in [3.63, 3.8) is 0 Å². The van der Waals surface area contributed by atoms with Crippen LogP contribution in [0.1, 0.15) is 82.9 Å². The van der Waals surface area contributed by atoms with Crippen molar-refractivity contribution >= 4 is 28.2 Å². The number of hydrogen-bond acceptors (Lipinski definition) is 5. The van der Waals surface area contributed by atoms with Crippen LogP contribution in [0, 0.1) is 11.3 Å². The Hall–Kier alpha value is -2.34. The van der Waals surface area contributed by atoms with E-state index in [1.165, 1.54) is 42.5 Å². The van der Waals surface area contributed by atoms with Crippen LogP contribution in [-0.2, 0) is 11.8 Å². The Kier molecular flexibility index (Phi) is 8.23. The molecule has 6 rings (SSSR count). The largest absolute Gasteiger partial charge is 0.491 e. The van der Waals surface area contributed by atoms with Crippen molar-refractivity contribution in [1.82, 2.24) is 9.88 Å². The lowest BCUT2D eigenvalue weighted by Gasteiger charge is -2.54. The number of fused-ring (bicyclic) bond motifs is 4. The third-order valence-electron chi connectivity index (χ3n) is 10.7. The Morgan fingerprint density at radius 3 is 2.60 bits per heavy atom. The minimum absolute atomic E-state index is 0.245. The van der Waals surface area contributed by atoms with Gasteiger partial charge in [-0.1, -0.05) is 58.7 Å². The average Bonchev–Trinajstić information content (AvgIpc) is 2.95. The number of aromatic nitrogens is 1. The van der Waals surface area contributed by atoms with Crippen LogP contribution in [0.5, 0.6) is 5.75 Å². The number of nitrogens with zero attached hydrogens (tertiary/aromatic N) is 3. The van der Waals surface area contributed by atoms with Gasteiger partial charge in [0.1, 0.15) is 18.5 Å². The summed E-state index contributed by atoms with van der Waals surface area (Å²) in [7, 11) is 0. The Bertz CT molecular complexity index is 1430. The van der Waals surface area contributed by atoms with Gasteiger partial charge in [0.25, 0.3) is 0 Å². The molecule has 3 atom stereocenters. The minimum Gasteiger partial charge on any atom is -0.491 e. The maximum absolute atomic E-state index is 11.0. The van der Waals surface area contributed by atoms with Crippen molar-refractivity contribution in [3.8, 4) is 5.75 Å². The number of halogens is 1. The Morgan fingerprint density at radius 1 is 1.05 bits per heavy atom. The maximum Gasteiger partial charge on any atom is 0.123 e. The number of benzene rings is 2. The van der Waals surface area contributed by atoms with Crippen molar-refractivity contribution in [2.75, 3.05) is 44.2 Å². The zero-order valence-electron chi connectivity index (χ0n) is 26.1. The fraction of sp³-hybridized carbons (Fsp3) is 0.583. The molecule has 0 radical (unpaired) electrons. The van der Waals surface area contributed by atoms with Gasteiger partial charge in [0, 0.05) is 60.6 Å². The van der Waals surface area contributed by atoms with Crippen LogP contribution in [0.4, 0.5) is 5.69 Å². The van der Waals surface area contributed by atoms with E-state index in [0.29, 0.717) is 29.5 Å². The number of pyridine rings is 1. The molecule has 1 aliphatic heterocycles. The average molecular weight is 590 g/mol. The van der Waals surface area contributed by atoms with Gasteiger partial charge in [-0.25, -0.2) is 0 Å². The molecule has 1 unspecified atom stereocenters. The van der Waals surface area contributed by atoms with E-state index in [4.69, 9.17) is 16.3 Å². The predicted octanol–water partition coefficient (Wildman–Crippen LogP) is 7.60. The van der Waals surface area contributed by atoms with Crippen LogP contribution in [0.3, 0.4) is 0 Å². The highest BCUT2D eigenvalue weighted by atomic mass is 35.5. The molecule has 42 heavy (non-hydrogen) atoms. The third-order valence-corrected chi connectivity index (χ3v) is 11.0. The number of aliphatic hydroxyl groups excluding tert-OH is 1. The van der Waals surface area contributed by atoms with Crippen LogP contribution in [-0.4, -0.2) is 60.4 Å². The molecule has 2 heterocycles. The molecule has 226 valence electrons. The first-order chi connectivity index (χ1) is 20.1. The summed E-state index contributed by atoms with van der Waals surface area (Å²) >= 11 is 6.19. The molecule has 0 amide bonds. The van der Waals surface area contributed by atoms with E-state index in [9.17, 15) is 5.11 Å². The first-order valence-corrected chi connectivity index (χ1v) is 16.4. The molecule has 1 saturated carbocycles. The van der Waals surface area contributed by atoms with E-state index >= 15 is 0 Å². The number of β-amino-alcohol motifs (C(OH)–C–C–N with tert-alkyl or cyclic N) is 1. The summed E-state index contributed by atoms with van der Waals surface area (Å²) < 4.78 is 6.42. The lowest BCUT2D eigenvalue weighted by atomic mass is 9.50. The summed E-state index contributed by atoms with van der Waals surface area (Å²) in [5, 5.41) is 12.9. The molecule has 2 aliphatic carbocycles. The van der Waals surface area contributed by atoms with Crippen LogP contribution < -0.4 is 9.64 Å². The quantitative estimate of drug-likeness (QED) is 0.307. The number of anilines is 1. The molecule has 2 fully saturated rings. The normalized spacial score (nSPS) is 24.9. The van der Waals surface area contributed by atoms with Gasteiger partial charge < -0.3 is 14.7 Å². The second-order valence-electron chi connectivity index (χ2n) is 14.3. The highest BCUT2D eigenvalue weighted by molar-refractivity contribution is 6.31. The maximum atomic E-state index is 11.0. The molecule has 0 spiro atoms. The van der Waals surface area contributed by atoms with Crippen molar-refractivity contribution in [2.24, 2.45) is 11.3 Å². The molecule has 3 aliphatic rings. The summed E-state index contributed by atoms with van der Waals surface area (Å²) in [6, 6.07) is 12.6. The Morgan fingerprint density at radius 2 is 1.83 bits per heavy atom. The second-order valence-corrected chi connectivity index (χ2v) is 14.7. The number of rotatable bonds is 7. The van der Waals surface area contributed by atoms with Crippen LogP contribution in [0.25, 0.3) is 10.9 Å². The smallest absolute Gasteiger partial charge is 0.123 e. The fourth-order valence-corrected chi connectivity index (χ4v) is 8.91. The van der Waals surface area contributed by atoms with E-state index in [1.807, 2.05) is 18.3 Å². The van der Waals surface area contributed by atoms with E-state index in [2.05, 4.69) is 73.7 Å². The van der Waals surface area contributed by atoms with Crippen molar-refractivity contribution in [1.29, 1.82) is 0 Å². The van der Waals surface area contributed by atoms with Gasteiger partial charge in [-0.3, -0.25) is 9.88 Å². The zero-order valence-corrected chi connectivity index (χ0v) is 26.9. The molecular weight excluding hydrogens is 542 g/mol. The van der Waals surface area contributed by atoms with Gasteiger partial charge in [0.05, 0.1) is 5.52 Å². The predicted molar refractivity (Wildman–Crippen MR) is 174 cm³/mol. The topological polar surface area (TPSA) is 48.8 Å². The van der Waals surface area contributed by atoms with Crippen molar-refractivity contribution < 1.29 is 9.84 Å². The van der Waals surface area contributed by atoms with Crippen molar-refractivity contribution in [2.45, 2.75) is 84.2 Å². The van der Waals surface area contributed by atoms with E-state index in [1.54, 1.807) is 5.56 Å². The van der Waals surface area contributed by atoms with E-state index < -0.39 is 6.10 Å². The SMILES string of the molecule is CC(C)c1c(OCC(O)CN2CCN(c3ccnc4cc(Cl)ccc34)CC2)ccc2c1CC[C@H]1C(C)(C)CCC[C@]21C. The Balaban J connectivity index is 1.09. The third kappa shape index (κ3) is 5.53. The van der Waals surface area contributed by atoms with Gasteiger partial charge in [-0.2, -0.15) is 0 Å². The molecule has 5 nitrogen and oxygen atoms in total. The molecule has 1 saturated heterocycles. The van der Waals surface area contributed by atoms with Crippen LogP contribution in [0.15, 0.2) is 42.6 Å². The lowest BCUT2D eigenvalue weighted by Crippen LogP contribution is -2.49.